The highest BCUT2D eigenvalue weighted by molar-refractivity contribution is 6.13. The van der Waals surface area contributed by atoms with E-state index in [0.29, 0.717) is 0 Å². The lowest BCUT2D eigenvalue weighted by molar-refractivity contribution is 0.748. The third-order valence-electron chi connectivity index (χ3n) is 17.1. The van der Waals surface area contributed by atoms with Gasteiger partial charge in [0.1, 0.15) is 0 Å². The van der Waals surface area contributed by atoms with E-state index < -0.39 is 10.8 Å². The van der Waals surface area contributed by atoms with Crippen LogP contribution in [0.4, 0.5) is 17.1 Å². The quantitative estimate of drug-likeness (QED) is 0.155. The minimum Gasteiger partial charge on any atom is -0.310 e. The zero-order chi connectivity index (χ0) is 50.0. The monoisotopic (exact) mass is 964 g/mol. The minimum absolute atomic E-state index is 0.563. The molecule has 0 saturated heterocycles. The standard InChI is InChI=1S/C74H48N2/c1-4-23-49(24-5-1)54-29-10-11-30-55(54)59-33-14-19-40-69(59)75(53-43-45-58-56-31-12-16-36-63(56)73(68(58)48-53,50-25-6-2-7-26-50)51-27-8-3-9-28-51)52-44-46-65-62(47-52)57-32-13-17-37-64(57)74(65)66-38-18-21-42-71(66)76-70-41-20-15-34-60(70)61-35-22-39-67(74)72(61)76/h1-48H. The molecule has 0 bridgehead atoms. The molecule has 0 amide bonds. The molecule has 1 spiro atoms. The van der Waals surface area contributed by atoms with Crippen LogP contribution in [0.3, 0.4) is 0 Å². The number of nitrogens with zero attached hydrogens (tertiary/aromatic N) is 2. The van der Waals surface area contributed by atoms with E-state index in [4.69, 9.17) is 0 Å². The predicted octanol–water partition coefficient (Wildman–Crippen LogP) is 18.6. The molecule has 0 N–H and O–H groups in total. The number of aromatic nitrogens is 1. The Bertz CT molecular complexity index is 4430. The third-order valence-corrected chi connectivity index (χ3v) is 17.1. The van der Waals surface area contributed by atoms with Crippen LogP contribution in [-0.4, -0.2) is 4.57 Å². The fraction of sp³-hybridized carbons (Fsp3) is 0.0270. The summed E-state index contributed by atoms with van der Waals surface area (Å²) in [5.74, 6) is 0. The molecule has 13 aromatic rings. The van der Waals surface area contributed by atoms with Gasteiger partial charge in [-0.2, -0.15) is 0 Å². The fourth-order valence-electron chi connectivity index (χ4n) is 14.2. The first-order valence-corrected chi connectivity index (χ1v) is 26.5. The molecule has 1 aromatic heterocycles. The second-order valence-corrected chi connectivity index (χ2v) is 20.6. The van der Waals surface area contributed by atoms with E-state index in [-0.39, 0.29) is 0 Å². The summed E-state index contributed by atoms with van der Waals surface area (Å²) in [6.45, 7) is 0. The van der Waals surface area contributed by atoms with Gasteiger partial charge in [-0.1, -0.05) is 249 Å². The molecule has 0 fully saturated rings. The molecule has 2 nitrogen and oxygen atoms in total. The van der Waals surface area contributed by atoms with Crippen molar-refractivity contribution < 1.29 is 0 Å². The van der Waals surface area contributed by atoms with Crippen molar-refractivity contribution in [3.05, 3.63) is 336 Å². The van der Waals surface area contributed by atoms with Crippen molar-refractivity contribution in [2.45, 2.75) is 10.8 Å². The van der Waals surface area contributed by atoms with Crippen LogP contribution in [0.25, 0.3) is 72.0 Å². The van der Waals surface area contributed by atoms with E-state index in [9.17, 15) is 0 Å². The molecule has 1 unspecified atom stereocenters. The van der Waals surface area contributed by atoms with Crippen molar-refractivity contribution in [3.63, 3.8) is 0 Å². The van der Waals surface area contributed by atoms with Gasteiger partial charge < -0.3 is 9.47 Å². The number of fused-ring (bicyclic) bond motifs is 15. The zero-order valence-electron chi connectivity index (χ0n) is 41.6. The molecule has 76 heavy (non-hydrogen) atoms. The predicted molar refractivity (Wildman–Crippen MR) is 315 cm³/mol. The summed E-state index contributed by atoms with van der Waals surface area (Å²) < 4.78 is 2.53. The normalized spacial score (nSPS) is 15.0. The van der Waals surface area contributed by atoms with Crippen LogP contribution in [0.5, 0.6) is 0 Å². The maximum Gasteiger partial charge on any atom is 0.0754 e. The summed E-state index contributed by atoms with van der Waals surface area (Å²) in [5.41, 5.74) is 25.9. The molecular weight excluding hydrogens is 917 g/mol. The first-order chi connectivity index (χ1) is 37.7. The summed E-state index contributed by atoms with van der Waals surface area (Å²) in [5, 5.41) is 2.56. The average molecular weight is 965 g/mol. The molecule has 2 heterocycles. The van der Waals surface area contributed by atoms with Crippen LogP contribution >= 0.6 is 0 Å². The molecule has 354 valence electrons. The van der Waals surface area contributed by atoms with Gasteiger partial charge in [0.05, 0.1) is 33.2 Å². The van der Waals surface area contributed by atoms with Gasteiger partial charge in [-0.05, 0) is 126 Å². The van der Waals surface area contributed by atoms with Gasteiger partial charge in [-0.15, -0.1) is 0 Å². The number of anilines is 3. The van der Waals surface area contributed by atoms with Crippen LogP contribution in [-0.2, 0) is 10.8 Å². The number of hydrogen-bond donors (Lipinski definition) is 0. The van der Waals surface area contributed by atoms with Crippen molar-refractivity contribution in [3.8, 4) is 50.2 Å². The lowest BCUT2D eigenvalue weighted by Crippen LogP contribution is -2.33. The molecule has 0 saturated carbocycles. The molecule has 2 aliphatic carbocycles. The first kappa shape index (κ1) is 42.7. The summed E-state index contributed by atoms with van der Waals surface area (Å²) >= 11 is 0. The Balaban J connectivity index is 0.986. The van der Waals surface area contributed by atoms with E-state index in [1.807, 2.05) is 0 Å². The van der Waals surface area contributed by atoms with Gasteiger partial charge in [-0.3, -0.25) is 0 Å². The Kier molecular flexibility index (Phi) is 9.20. The highest BCUT2D eigenvalue weighted by Gasteiger charge is 2.51. The summed E-state index contributed by atoms with van der Waals surface area (Å²) in [6, 6.07) is 109. The van der Waals surface area contributed by atoms with Gasteiger partial charge in [-0.25, -0.2) is 0 Å². The number of benzene rings is 12. The Morgan fingerprint density at radius 3 is 1.53 bits per heavy atom. The van der Waals surface area contributed by atoms with Gasteiger partial charge in [0.2, 0.25) is 0 Å². The fourth-order valence-corrected chi connectivity index (χ4v) is 14.2. The Labute approximate surface area is 442 Å². The van der Waals surface area contributed by atoms with Gasteiger partial charge >= 0.3 is 0 Å². The van der Waals surface area contributed by atoms with Crippen LogP contribution in [0.2, 0.25) is 0 Å². The topological polar surface area (TPSA) is 8.17 Å². The molecular formula is C74H48N2. The zero-order valence-corrected chi connectivity index (χ0v) is 41.6. The molecule has 1 aliphatic heterocycles. The average Bonchev–Trinajstić information content (AvgIpc) is 4.20. The van der Waals surface area contributed by atoms with E-state index in [0.717, 1.165) is 22.6 Å². The maximum atomic E-state index is 2.54. The largest absolute Gasteiger partial charge is 0.310 e. The van der Waals surface area contributed by atoms with Crippen molar-refractivity contribution in [1.29, 1.82) is 0 Å². The molecule has 0 radical (unpaired) electrons. The van der Waals surface area contributed by atoms with E-state index in [1.165, 1.54) is 111 Å². The highest BCUT2D eigenvalue weighted by atomic mass is 15.1. The smallest absolute Gasteiger partial charge is 0.0754 e. The van der Waals surface area contributed by atoms with Crippen molar-refractivity contribution >= 4 is 38.9 Å². The minimum atomic E-state index is -0.573. The molecule has 12 aromatic carbocycles. The molecule has 1 atom stereocenters. The van der Waals surface area contributed by atoms with Gasteiger partial charge in [0.15, 0.2) is 0 Å². The second-order valence-electron chi connectivity index (χ2n) is 20.6. The summed E-state index contributed by atoms with van der Waals surface area (Å²) in [4.78, 5) is 2.54. The molecule has 16 rings (SSSR count). The van der Waals surface area contributed by atoms with Gasteiger partial charge in [0.25, 0.3) is 0 Å². The maximum absolute atomic E-state index is 2.54. The summed E-state index contributed by atoms with van der Waals surface area (Å²) in [7, 11) is 0. The highest BCUT2D eigenvalue weighted by Crippen LogP contribution is 2.63. The van der Waals surface area contributed by atoms with Crippen LogP contribution < -0.4 is 4.90 Å². The third kappa shape index (κ3) is 5.70. The molecule has 2 heteroatoms. The van der Waals surface area contributed by atoms with E-state index in [1.54, 1.807) is 0 Å². The van der Waals surface area contributed by atoms with E-state index in [2.05, 4.69) is 301 Å². The Morgan fingerprint density at radius 2 is 0.776 bits per heavy atom. The van der Waals surface area contributed by atoms with Crippen molar-refractivity contribution in [2.75, 3.05) is 4.90 Å². The van der Waals surface area contributed by atoms with Gasteiger partial charge in [0, 0.05) is 27.7 Å². The number of para-hydroxylation sites is 4. The van der Waals surface area contributed by atoms with Crippen LogP contribution in [0.15, 0.2) is 291 Å². The Morgan fingerprint density at radius 1 is 0.276 bits per heavy atom. The second kappa shape index (κ2) is 16.4. The molecule has 3 aliphatic rings. The lowest BCUT2D eigenvalue weighted by atomic mass is 9.65. The Hall–Kier alpha value is -9.76. The van der Waals surface area contributed by atoms with E-state index >= 15 is 0 Å². The summed E-state index contributed by atoms with van der Waals surface area (Å²) in [6.07, 6.45) is 0. The first-order valence-electron chi connectivity index (χ1n) is 26.5. The van der Waals surface area contributed by atoms with Crippen LogP contribution in [0.1, 0.15) is 44.5 Å². The lowest BCUT2D eigenvalue weighted by Gasteiger charge is -2.39. The SMILES string of the molecule is c1ccc(-c2ccccc2-c2ccccc2N(c2ccc3c(c2)-c2ccccc2C32c3ccccc3-n3c4ccccc4c4cccc2c43)c2ccc3c(c2)C(c2ccccc2)(c2ccccc2)c2ccccc2-3)cc1. The van der Waals surface area contributed by atoms with Crippen molar-refractivity contribution in [2.24, 2.45) is 0 Å². The van der Waals surface area contributed by atoms with Crippen LogP contribution in [0, 0.1) is 0 Å². The number of rotatable bonds is 7. The van der Waals surface area contributed by atoms with Crippen molar-refractivity contribution in [1.82, 2.24) is 4.57 Å². The number of hydrogen-bond acceptors (Lipinski definition) is 1.